The lowest BCUT2D eigenvalue weighted by molar-refractivity contribution is -0.173. The molecule has 1 rings (SSSR count). The molecule has 0 aromatic heterocycles. The van der Waals surface area contributed by atoms with E-state index in [-0.39, 0.29) is 5.92 Å². The van der Waals surface area contributed by atoms with Gasteiger partial charge in [0.15, 0.2) is 5.79 Å². The van der Waals surface area contributed by atoms with Gasteiger partial charge in [0.05, 0.1) is 0 Å². The van der Waals surface area contributed by atoms with Crippen LogP contribution in [0, 0.1) is 5.92 Å². The van der Waals surface area contributed by atoms with E-state index in [0.29, 0.717) is 6.42 Å². The fourth-order valence-corrected chi connectivity index (χ4v) is 1.31. The molecule has 2 N–H and O–H groups in total. The van der Waals surface area contributed by atoms with Crippen molar-refractivity contribution in [2.45, 2.75) is 25.0 Å². The van der Waals surface area contributed by atoms with Crippen LogP contribution in [-0.4, -0.2) is 16.0 Å². The molecule has 0 aliphatic heterocycles. The zero-order valence-electron chi connectivity index (χ0n) is 5.38. The summed E-state index contributed by atoms with van der Waals surface area (Å²) in [5, 5.41) is 18.3. The van der Waals surface area contributed by atoms with E-state index < -0.39 is 5.79 Å². The summed E-state index contributed by atoms with van der Waals surface area (Å²) in [4.78, 5) is 0. The number of hydrogen-bond donors (Lipinski definition) is 2. The third-order valence-electron chi connectivity index (χ3n) is 1.94. The fraction of sp³-hybridized carbons (Fsp3) is 0.714. The van der Waals surface area contributed by atoms with Gasteiger partial charge in [-0.15, -0.1) is 6.58 Å². The molecule has 1 fully saturated rings. The van der Waals surface area contributed by atoms with Gasteiger partial charge in [0.25, 0.3) is 0 Å². The Morgan fingerprint density at radius 2 is 2.22 bits per heavy atom. The summed E-state index contributed by atoms with van der Waals surface area (Å²) in [6.07, 6.45) is 3.86. The second-order valence-electron chi connectivity index (χ2n) is 2.61. The molecule has 9 heavy (non-hydrogen) atoms. The van der Waals surface area contributed by atoms with Crippen molar-refractivity contribution in [2.75, 3.05) is 0 Å². The molecule has 0 heterocycles. The largest absolute Gasteiger partial charge is 0.365 e. The third kappa shape index (κ3) is 1.14. The minimum absolute atomic E-state index is 0.113. The van der Waals surface area contributed by atoms with Gasteiger partial charge in [-0.25, -0.2) is 0 Å². The first-order valence-electron chi connectivity index (χ1n) is 3.24. The standard InChI is InChI=1S/C7H12O2/c1-2-6-4-3-5-7(6,8)9/h2,6,8-9H,1,3-5H2. The SMILES string of the molecule is C=CC1CCCC1(O)O. The van der Waals surface area contributed by atoms with Gasteiger partial charge in [-0.2, -0.15) is 0 Å². The summed E-state index contributed by atoms with van der Waals surface area (Å²) in [6, 6.07) is 0. The first-order valence-corrected chi connectivity index (χ1v) is 3.24. The van der Waals surface area contributed by atoms with Crippen LogP contribution in [0.4, 0.5) is 0 Å². The molecule has 0 saturated heterocycles. The molecule has 0 spiro atoms. The second-order valence-corrected chi connectivity index (χ2v) is 2.61. The predicted octanol–water partition coefficient (Wildman–Crippen LogP) is 0.653. The number of rotatable bonds is 1. The first kappa shape index (κ1) is 6.78. The van der Waals surface area contributed by atoms with Gasteiger partial charge in [0.1, 0.15) is 0 Å². The minimum Gasteiger partial charge on any atom is -0.365 e. The highest BCUT2D eigenvalue weighted by molar-refractivity contribution is 4.93. The summed E-state index contributed by atoms with van der Waals surface area (Å²) >= 11 is 0. The lowest BCUT2D eigenvalue weighted by atomic mass is 10.0. The van der Waals surface area contributed by atoms with E-state index in [0.717, 1.165) is 12.8 Å². The van der Waals surface area contributed by atoms with Gasteiger partial charge in [0.2, 0.25) is 0 Å². The van der Waals surface area contributed by atoms with Crippen molar-refractivity contribution in [3.63, 3.8) is 0 Å². The first-order chi connectivity index (χ1) is 4.17. The van der Waals surface area contributed by atoms with Crippen molar-refractivity contribution in [1.29, 1.82) is 0 Å². The van der Waals surface area contributed by atoms with Crippen molar-refractivity contribution in [2.24, 2.45) is 5.92 Å². The van der Waals surface area contributed by atoms with Crippen LogP contribution in [0.15, 0.2) is 12.7 Å². The maximum Gasteiger partial charge on any atom is 0.168 e. The average Bonchev–Trinajstić information content (AvgIpc) is 2.08. The van der Waals surface area contributed by atoms with E-state index in [1.807, 2.05) is 0 Å². The van der Waals surface area contributed by atoms with Gasteiger partial charge in [-0.1, -0.05) is 6.08 Å². The molecule has 2 nitrogen and oxygen atoms in total. The molecular formula is C7H12O2. The topological polar surface area (TPSA) is 40.5 Å². The van der Waals surface area contributed by atoms with Crippen molar-refractivity contribution in [3.05, 3.63) is 12.7 Å². The summed E-state index contributed by atoms with van der Waals surface area (Å²) in [6.45, 7) is 3.52. The van der Waals surface area contributed by atoms with Crippen LogP contribution in [0.25, 0.3) is 0 Å². The monoisotopic (exact) mass is 128 g/mol. The lowest BCUT2D eigenvalue weighted by Gasteiger charge is -2.20. The van der Waals surface area contributed by atoms with E-state index in [1.54, 1.807) is 6.08 Å². The Morgan fingerprint density at radius 3 is 2.44 bits per heavy atom. The zero-order valence-corrected chi connectivity index (χ0v) is 5.38. The Hall–Kier alpha value is -0.340. The van der Waals surface area contributed by atoms with E-state index in [9.17, 15) is 0 Å². The molecule has 1 aliphatic rings. The molecule has 2 heteroatoms. The Balaban J connectivity index is 2.62. The average molecular weight is 128 g/mol. The van der Waals surface area contributed by atoms with Gasteiger partial charge in [-0.05, 0) is 12.8 Å². The summed E-state index contributed by atoms with van der Waals surface area (Å²) in [7, 11) is 0. The minimum atomic E-state index is -1.46. The molecule has 0 aromatic rings. The summed E-state index contributed by atoms with van der Waals surface area (Å²) in [5.74, 6) is -1.57. The highest BCUT2D eigenvalue weighted by Gasteiger charge is 2.36. The molecule has 1 aliphatic carbocycles. The van der Waals surface area contributed by atoms with Crippen molar-refractivity contribution in [1.82, 2.24) is 0 Å². The molecule has 1 unspecified atom stereocenters. The molecule has 0 bridgehead atoms. The third-order valence-corrected chi connectivity index (χ3v) is 1.94. The smallest absolute Gasteiger partial charge is 0.168 e. The Labute approximate surface area is 54.8 Å². The van der Waals surface area contributed by atoms with Crippen LogP contribution < -0.4 is 0 Å². The molecule has 0 aromatic carbocycles. The number of hydrogen-bond acceptors (Lipinski definition) is 2. The van der Waals surface area contributed by atoms with E-state index in [2.05, 4.69) is 6.58 Å². The van der Waals surface area contributed by atoms with Crippen molar-refractivity contribution in [3.8, 4) is 0 Å². The van der Waals surface area contributed by atoms with Crippen LogP contribution in [0.1, 0.15) is 19.3 Å². The Bertz CT molecular complexity index is 118. The Kier molecular flexibility index (Phi) is 1.60. The Morgan fingerprint density at radius 1 is 1.56 bits per heavy atom. The maximum absolute atomic E-state index is 9.14. The fourth-order valence-electron chi connectivity index (χ4n) is 1.31. The molecule has 0 amide bonds. The van der Waals surface area contributed by atoms with Gasteiger partial charge < -0.3 is 10.2 Å². The maximum atomic E-state index is 9.14. The molecule has 0 radical (unpaired) electrons. The van der Waals surface area contributed by atoms with Crippen LogP contribution in [-0.2, 0) is 0 Å². The predicted molar refractivity (Wildman–Crippen MR) is 34.7 cm³/mol. The summed E-state index contributed by atoms with van der Waals surface area (Å²) in [5.41, 5.74) is 0. The van der Waals surface area contributed by atoms with Crippen molar-refractivity contribution >= 4 is 0 Å². The zero-order chi connectivity index (χ0) is 6.91. The van der Waals surface area contributed by atoms with E-state index in [4.69, 9.17) is 10.2 Å². The second kappa shape index (κ2) is 2.12. The molecule has 1 saturated carbocycles. The van der Waals surface area contributed by atoms with Crippen LogP contribution in [0.3, 0.4) is 0 Å². The van der Waals surface area contributed by atoms with Crippen LogP contribution in [0.2, 0.25) is 0 Å². The molecule has 52 valence electrons. The number of aliphatic hydroxyl groups is 2. The molecular weight excluding hydrogens is 116 g/mol. The highest BCUT2D eigenvalue weighted by atomic mass is 16.5. The lowest BCUT2D eigenvalue weighted by Crippen LogP contribution is -2.30. The quantitative estimate of drug-likeness (QED) is 0.402. The van der Waals surface area contributed by atoms with Gasteiger partial charge >= 0.3 is 0 Å². The van der Waals surface area contributed by atoms with Gasteiger partial charge in [0, 0.05) is 12.3 Å². The van der Waals surface area contributed by atoms with Crippen LogP contribution in [0.5, 0.6) is 0 Å². The van der Waals surface area contributed by atoms with Crippen molar-refractivity contribution < 1.29 is 10.2 Å². The normalized spacial score (nSPS) is 32.4. The van der Waals surface area contributed by atoms with Gasteiger partial charge in [-0.3, -0.25) is 0 Å². The summed E-state index contributed by atoms with van der Waals surface area (Å²) < 4.78 is 0. The highest BCUT2D eigenvalue weighted by Crippen LogP contribution is 2.33. The van der Waals surface area contributed by atoms with Crippen LogP contribution >= 0.6 is 0 Å². The van der Waals surface area contributed by atoms with E-state index >= 15 is 0 Å². The van der Waals surface area contributed by atoms with E-state index in [1.165, 1.54) is 0 Å². The molecule has 1 atom stereocenters.